The fraction of sp³-hybridized carbons (Fsp3) is 0.462. The number of hydrogen-bond donors (Lipinski definition) is 1. The highest BCUT2D eigenvalue weighted by Crippen LogP contribution is 2.27. The molecule has 15 heavy (non-hydrogen) atoms. The SMILES string of the molecule is O=C(O)CCC1CCc2ccccc2C1. The third-order valence-electron chi connectivity index (χ3n) is 3.22. The molecule has 0 fully saturated rings. The van der Waals surface area contributed by atoms with Gasteiger partial charge in [-0.25, -0.2) is 0 Å². The summed E-state index contributed by atoms with van der Waals surface area (Å²) < 4.78 is 0. The van der Waals surface area contributed by atoms with E-state index >= 15 is 0 Å². The first kappa shape index (κ1) is 10.2. The first-order chi connectivity index (χ1) is 7.25. The first-order valence-electron chi connectivity index (χ1n) is 5.54. The molecule has 1 aliphatic rings. The minimum Gasteiger partial charge on any atom is -0.481 e. The monoisotopic (exact) mass is 204 g/mol. The van der Waals surface area contributed by atoms with E-state index in [-0.39, 0.29) is 0 Å². The highest BCUT2D eigenvalue weighted by atomic mass is 16.4. The summed E-state index contributed by atoms with van der Waals surface area (Å²) in [5, 5.41) is 8.64. The van der Waals surface area contributed by atoms with E-state index in [9.17, 15) is 4.79 Å². The van der Waals surface area contributed by atoms with Crippen molar-refractivity contribution in [3.05, 3.63) is 35.4 Å². The summed E-state index contributed by atoms with van der Waals surface area (Å²) in [6, 6.07) is 8.50. The normalized spacial score (nSPS) is 19.6. The van der Waals surface area contributed by atoms with Gasteiger partial charge in [0.25, 0.3) is 0 Å². The predicted octanol–water partition coefficient (Wildman–Crippen LogP) is 2.66. The van der Waals surface area contributed by atoms with Crippen LogP contribution in [-0.2, 0) is 17.6 Å². The summed E-state index contributed by atoms with van der Waals surface area (Å²) in [7, 11) is 0. The van der Waals surface area contributed by atoms with Crippen molar-refractivity contribution >= 4 is 5.97 Å². The molecular formula is C13H16O2. The lowest BCUT2D eigenvalue weighted by Crippen LogP contribution is -2.15. The molecule has 0 amide bonds. The zero-order chi connectivity index (χ0) is 10.7. The van der Waals surface area contributed by atoms with Crippen LogP contribution in [0.4, 0.5) is 0 Å². The maximum Gasteiger partial charge on any atom is 0.303 e. The molecule has 1 aromatic rings. The van der Waals surface area contributed by atoms with Crippen molar-refractivity contribution in [1.82, 2.24) is 0 Å². The van der Waals surface area contributed by atoms with Crippen molar-refractivity contribution in [3.8, 4) is 0 Å². The van der Waals surface area contributed by atoms with Crippen LogP contribution in [0.5, 0.6) is 0 Å². The number of aliphatic carboxylic acids is 1. The van der Waals surface area contributed by atoms with Gasteiger partial charge >= 0.3 is 5.97 Å². The Balaban J connectivity index is 1.96. The zero-order valence-corrected chi connectivity index (χ0v) is 8.78. The van der Waals surface area contributed by atoms with Crippen molar-refractivity contribution < 1.29 is 9.90 Å². The molecule has 0 bridgehead atoms. The van der Waals surface area contributed by atoms with Crippen molar-refractivity contribution in [2.45, 2.75) is 32.1 Å². The lowest BCUT2D eigenvalue weighted by Gasteiger charge is -2.23. The number of hydrogen-bond acceptors (Lipinski definition) is 1. The third kappa shape index (κ3) is 2.58. The topological polar surface area (TPSA) is 37.3 Å². The number of aryl methyl sites for hydroxylation is 1. The van der Waals surface area contributed by atoms with Gasteiger partial charge in [0.05, 0.1) is 0 Å². The van der Waals surface area contributed by atoms with Crippen molar-refractivity contribution in [3.63, 3.8) is 0 Å². The second-order valence-electron chi connectivity index (χ2n) is 4.31. The zero-order valence-electron chi connectivity index (χ0n) is 8.78. The van der Waals surface area contributed by atoms with E-state index in [0.717, 1.165) is 25.7 Å². The molecule has 0 saturated carbocycles. The van der Waals surface area contributed by atoms with Gasteiger partial charge in [-0.3, -0.25) is 4.79 Å². The van der Waals surface area contributed by atoms with Gasteiger partial charge in [0.2, 0.25) is 0 Å². The van der Waals surface area contributed by atoms with Gasteiger partial charge in [0.15, 0.2) is 0 Å². The standard InChI is InChI=1S/C13H16O2/c14-13(15)8-6-10-5-7-11-3-1-2-4-12(11)9-10/h1-4,10H,5-9H2,(H,14,15). The van der Waals surface area contributed by atoms with Crippen molar-refractivity contribution in [1.29, 1.82) is 0 Å². The molecule has 1 aliphatic carbocycles. The fourth-order valence-corrected chi connectivity index (χ4v) is 2.35. The number of rotatable bonds is 3. The van der Waals surface area contributed by atoms with Crippen LogP contribution in [0, 0.1) is 5.92 Å². The lowest BCUT2D eigenvalue weighted by molar-refractivity contribution is -0.137. The van der Waals surface area contributed by atoms with E-state index in [0.29, 0.717) is 12.3 Å². The van der Waals surface area contributed by atoms with Gasteiger partial charge in [0.1, 0.15) is 0 Å². The Kier molecular flexibility index (Phi) is 3.05. The minimum absolute atomic E-state index is 0.312. The maximum atomic E-state index is 10.5. The molecule has 80 valence electrons. The number of benzene rings is 1. The lowest BCUT2D eigenvalue weighted by atomic mass is 9.82. The molecule has 2 rings (SSSR count). The quantitative estimate of drug-likeness (QED) is 0.821. The van der Waals surface area contributed by atoms with E-state index in [4.69, 9.17) is 5.11 Å². The largest absolute Gasteiger partial charge is 0.481 e. The molecule has 1 atom stereocenters. The average molecular weight is 204 g/mol. The van der Waals surface area contributed by atoms with Crippen LogP contribution in [0.1, 0.15) is 30.4 Å². The number of fused-ring (bicyclic) bond motifs is 1. The molecule has 0 aromatic heterocycles. The number of carboxylic acid groups (broad SMARTS) is 1. The van der Waals surface area contributed by atoms with Crippen LogP contribution in [0.2, 0.25) is 0 Å². The molecule has 0 radical (unpaired) electrons. The number of carboxylic acids is 1. The van der Waals surface area contributed by atoms with Crippen molar-refractivity contribution in [2.75, 3.05) is 0 Å². The van der Waals surface area contributed by atoms with Crippen LogP contribution in [0.3, 0.4) is 0 Å². The van der Waals surface area contributed by atoms with Gasteiger partial charge in [-0.1, -0.05) is 24.3 Å². The van der Waals surface area contributed by atoms with Gasteiger partial charge in [-0.05, 0) is 42.7 Å². The van der Waals surface area contributed by atoms with Gasteiger partial charge < -0.3 is 5.11 Å². The summed E-state index contributed by atoms with van der Waals surface area (Å²) >= 11 is 0. The maximum absolute atomic E-state index is 10.5. The Bertz CT molecular complexity index is 357. The first-order valence-corrected chi connectivity index (χ1v) is 5.54. The van der Waals surface area contributed by atoms with Gasteiger partial charge in [-0.2, -0.15) is 0 Å². The third-order valence-corrected chi connectivity index (χ3v) is 3.22. The molecule has 2 heteroatoms. The van der Waals surface area contributed by atoms with Crippen LogP contribution >= 0.6 is 0 Å². The molecule has 1 N–H and O–H groups in total. The molecule has 0 aliphatic heterocycles. The van der Waals surface area contributed by atoms with Crippen LogP contribution < -0.4 is 0 Å². The van der Waals surface area contributed by atoms with Gasteiger partial charge in [0, 0.05) is 6.42 Å². The second kappa shape index (κ2) is 4.47. The van der Waals surface area contributed by atoms with E-state index in [1.807, 2.05) is 0 Å². The van der Waals surface area contributed by atoms with Crippen molar-refractivity contribution in [2.24, 2.45) is 5.92 Å². The fourth-order valence-electron chi connectivity index (χ4n) is 2.35. The minimum atomic E-state index is -0.672. The van der Waals surface area contributed by atoms with E-state index in [1.54, 1.807) is 0 Å². The van der Waals surface area contributed by atoms with E-state index in [2.05, 4.69) is 24.3 Å². The molecule has 0 saturated heterocycles. The Morgan fingerprint density at radius 3 is 2.80 bits per heavy atom. The predicted molar refractivity (Wildman–Crippen MR) is 58.8 cm³/mol. The molecule has 1 aromatic carbocycles. The van der Waals surface area contributed by atoms with Crippen LogP contribution in [-0.4, -0.2) is 11.1 Å². The van der Waals surface area contributed by atoms with E-state index < -0.39 is 5.97 Å². The highest BCUT2D eigenvalue weighted by molar-refractivity contribution is 5.66. The number of carbonyl (C=O) groups is 1. The molecular weight excluding hydrogens is 188 g/mol. The molecule has 2 nitrogen and oxygen atoms in total. The Morgan fingerprint density at radius 1 is 1.33 bits per heavy atom. The molecule has 0 heterocycles. The Morgan fingerprint density at radius 2 is 2.07 bits per heavy atom. The van der Waals surface area contributed by atoms with Crippen LogP contribution in [0.15, 0.2) is 24.3 Å². The smallest absolute Gasteiger partial charge is 0.303 e. The highest BCUT2D eigenvalue weighted by Gasteiger charge is 2.18. The Labute approximate surface area is 89.9 Å². The molecule has 1 unspecified atom stereocenters. The summed E-state index contributed by atoms with van der Waals surface area (Å²) in [6.07, 6.45) is 4.45. The summed E-state index contributed by atoms with van der Waals surface area (Å²) in [5.41, 5.74) is 2.86. The van der Waals surface area contributed by atoms with Crippen LogP contribution in [0.25, 0.3) is 0 Å². The Hall–Kier alpha value is -1.31. The summed E-state index contributed by atoms with van der Waals surface area (Å²) in [4.78, 5) is 10.5. The second-order valence-corrected chi connectivity index (χ2v) is 4.31. The molecule has 0 spiro atoms. The summed E-state index contributed by atoms with van der Waals surface area (Å²) in [5.74, 6) is -0.107. The van der Waals surface area contributed by atoms with Gasteiger partial charge in [-0.15, -0.1) is 0 Å². The van der Waals surface area contributed by atoms with E-state index in [1.165, 1.54) is 11.1 Å². The average Bonchev–Trinajstić information content (AvgIpc) is 2.26. The summed E-state index contributed by atoms with van der Waals surface area (Å²) in [6.45, 7) is 0.